The number of halogens is 2. The maximum absolute atomic E-state index is 8.54. The molecule has 1 rings (SSSR count). The fourth-order valence-corrected chi connectivity index (χ4v) is 1.53. The smallest absolute Gasteiger partial charge is 0.126 e. The third-order valence-corrected chi connectivity index (χ3v) is 3.04. The summed E-state index contributed by atoms with van der Waals surface area (Å²) < 4.78 is -0.630. The number of aliphatic hydroxyl groups excluding tert-OH is 1. The van der Waals surface area contributed by atoms with Crippen LogP contribution in [-0.2, 0) is 0 Å². The normalized spacial score (nSPS) is 42.0. The fraction of sp³-hybridized carbons (Fsp3) is 1.00. The molecule has 0 aliphatic heterocycles. The lowest BCUT2D eigenvalue weighted by Crippen LogP contribution is -1.93. The molecule has 1 aliphatic rings. The number of aliphatic hydroxyl groups is 1. The van der Waals surface area contributed by atoms with Crippen LogP contribution in [0, 0.1) is 11.8 Å². The molecule has 1 saturated carbocycles. The Morgan fingerprint density at radius 3 is 2.00 bits per heavy atom. The van der Waals surface area contributed by atoms with Crippen molar-refractivity contribution in [1.29, 1.82) is 0 Å². The summed E-state index contributed by atoms with van der Waals surface area (Å²) in [6.07, 6.45) is 0. The summed E-state index contributed by atoms with van der Waals surface area (Å²) in [5, 5.41) is 8.54. The van der Waals surface area contributed by atoms with Crippen molar-refractivity contribution in [3.05, 3.63) is 0 Å². The largest absolute Gasteiger partial charge is 0.396 e. The highest BCUT2D eigenvalue weighted by molar-refractivity contribution is 6.51. The van der Waals surface area contributed by atoms with E-state index in [-0.39, 0.29) is 18.4 Å². The minimum Gasteiger partial charge on any atom is -0.396 e. The monoisotopic (exact) mass is 154 g/mol. The van der Waals surface area contributed by atoms with E-state index in [9.17, 15) is 0 Å². The maximum Gasteiger partial charge on any atom is 0.126 e. The zero-order chi connectivity index (χ0) is 6.36. The SMILES string of the molecule is C[C@@H]1[C@H](CO)C1(Cl)Cl. The van der Waals surface area contributed by atoms with Gasteiger partial charge in [0, 0.05) is 12.5 Å². The van der Waals surface area contributed by atoms with Crippen molar-refractivity contribution in [2.24, 2.45) is 11.8 Å². The molecule has 0 aromatic carbocycles. The van der Waals surface area contributed by atoms with Crippen LogP contribution in [0.3, 0.4) is 0 Å². The molecule has 8 heavy (non-hydrogen) atoms. The summed E-state index contributed by atoms with van der Waals surface area (Å²) in [5.41, 5.74) is 0. The van der Waals surface area contributed by atoms with Gasteiger partial charge in [-0.2, -0.15) is 0 Å². The number of alkyl halides is 2. The van der Waals surface area contributed by atoms with E-state index in [1.54, 1.807) is 0 Å². The van der Waals surface area contributed by atoms with Gasteiger partial charge in [-0.15, -0.1) is 23.2 Å². The van der Waals surface area contributed by atoms with E-state index >= 15 is 0 Å². The lowest BCUT2D eigenvalue weighted by atomic mass is 10.4. The van der Waals surface area contributed by atoms with Crippen molar-refractivity contribution < 1.29 is 5.11 Å². The molecule has 2 atom stereocenters. The van der Waals surface area contributed by atoms with Crippen LogP contribution >= 0.6 is 23.2 Å². The van der Waals surface area contributed by atoms with Gasteiger partial charge in [-0.3, -0.25) is 0 Å². The minimum absolute atomic E-state index is 0.103. The van der Waals surface area contributed by atoms with E-state index in [0.29, 0.717) is 0 Å². The van der Waals surface area contributed by atoms with Crippen LogP contribution in [0.25, 0.3) is 0 Å². The molecular formula is C5H8Cl2O. The first-order chi connectivity index (χ1) is 3.60. The van der Waals surface area contributed by atoms with Crippen LogP contribution in [0.2, 0.25) is 0 Å². The molecule has 1 aliphatic carbocycles. The Morgan fingerprint density at radius 2 is 2.00 bits per heavy atom. The highest BCUT2D eigenvalue weighted by Gasteiger charge is 2.59. The lowest BCUT2D eigenvalue weighted by molar-refractivity contribution is 0.269. The molecule has 3 heteroatoms. The Kier molecular flexibility index (Phi) is 1.46. The summed E-state index contributed by atoms with van der Waals surface area (Å²) in [5.74, 6) is 0.363. The number of hydrogen-bond donors (Lipinski definition) is 1. The summed E-state index contributed by atoms with van der Waals surface area (Å²) in [6, 6.07) is 0. The minimum atomic E-state index is -0.630. The predicted octanol–water partition coefficient (Wildman–Crippen LogP) is 1.42. The Hall–Kier alpha value is 0.540. The first kappa shape index (κ1) is 6.66. The Morgan fingerprint density at radius 1 is 1.62 bits per heavy atom. The van der Waals surface area contributed by atoms with E-state index in [1.165, 1.54) is 0 Å². The quantitative estimate of drug-likeness (QED) is 0.567. The molecule has 0 unspecified atom stereocenters. The summed E-state index contributed by atoms with van der Waals surface area (Å²) >= 11 is 11.3. The van der Waals surface area contributed by atoms with Gasteiger partial charge in [-0.05, 0) is 5.92 Å². The maximum atomic E-state index is 8.54. The molecule has 0 aromatic heterocycles. The van der Waals surface area contributed by atoms with E-state index < -0.39 is 4.33 Å². The Labute approximate surface area is 58.6 Å². The van der Waals surface area contributed by atoms with E-state index in [1.807, 2.05) is 6.92 Å². The van der Waals surface area contributed by atoms with Crippen molar-refractivity contribution in [3.8, 4) is 0 Å². The van der Waals surface area contributed by atoms with Crippen molar-refractivity contribution in [3.63, 3.8) is 0 Å². The second-order valence-electron chi connectivity index (χ2n) is 2.25. The number of rotatable bonds is 1. The topological polar surface area (TPSA) is 20.2 Å². The molecule has 1 N–H and O–H groups in total. The van der Waals surface area contributed by atoms with Crippen molar-refractivity contribution >= 4 is 23.2 Å². The van der Waals surface area contributed by atoms with E-state index in [0.717, 1.165) is 0 Å². The Bertz CT molecular complexity index is 103. The van der Waals surface area contributed by atoms with Crippen molar-refractivity contribution in [2.45, 2.75) is 11.3 Å². The van der Waals surface area contributed by atoms with Gasteiger partial charge in [0.15, 0.2) is 0 Å². The van der Waals surface area contributed by atoms with Gasteiger partial charge < -0.3 is 5.11 Å². The molecule has 0 radical (unpaired) electrons. The number of hydrogen-bond acceptors (Lipinski definition) is 1. The van der Waals surface area contributed by atoms with Crippen molar-refractivity contribution in [1.82, 2.24) is 0 Å². The third-order valence-electron chi connectivity index (χ3n) is 1.79. The van der Waals surface area contributed by atoms with E-state index in [2.05, 4.69) is 0 Å². The molecule has 0 amide bonds. The van der Waals surface area contributed by atoms with Crippen LogP contribution in [0.1, 0.15) is 6.92 Å². The Balaban J connectivity index is 2.45. The van der Waals surface area contributed by atoms with Gasteiger partial charge >= 0.3 is 0 Å². The van der Waals surface area contributed by atoms with E-state index in [4.69, 9.17) is 28.3 Å². The molecule has 48 valence electrons. The van der Waals surface area contributed by atoms with Crippen LogP contribution in [-0.4, -0.2) is 16.0 Å². The van der Waals surface area contributed by atoms with Crippen LogP contribution in [0.15, 0.2) is 0 Å². The molecule has 0 aromatic rings. The van der Waals surface area contributed by atoms with Crippen LogP contribution in [0.4, 0.5) is 0 Å². The lowest BCUT2D eigenvalue weighted by Gasteiger charge is -1.90. The fourth-order valence-electron chi connectivity index (χ4n) is 0.840. The average molecular weight is 155 g/mol. The molecule has 0 spiro atoms. The van der Waals surface area contributed by atoms with Crippen LogP contribution in [0.5, 0.6) is 0 Å². The first-order valence-electron chi connectivity index (χ1n) is 2.59. The summed E-state index contributed by atoms with van der Waals surface area (Å²) in [7, 11) is 0. The van der Waals surface area contributed by atoms with Gasteiger partial charge in [0.25, 0.3) is 0 Å². The van der Waals surface area contributed by atoms with Gasteiger partial charge in [0.2, 0.25) is 0 Å². The zero-order valence-corrected chi connectivity index (χ0v) is 6.08. The molecule has 0 heterocycles. The van der Waals surface area contributed by atoms with Crippen molar-refractivity contribution in [2.75, 3.05) is 6.61 Å². The standard InChI is InChI=1S/C5H8Cl2O/c1-3-4(2-8)5(3,6)7/h3-4,8H,2H2,1H3/t3-,4+/m1/s1. The van der Waals surface area contributed by atoms with Gasteiger partial charge in [0.05, 0.1) is 0 Å². The molecule has 0 bridgehead atoms. The van der Waals surface area contributed by atoms with Crippen LogP contribution < -0.4 is 0 Å². The molecular weight excluding hydrogens is 147 g/mol. The highest BCUT2D eigenvalue weighted by Crippen LogP contribution is 2.58. The summed E-state index contributed by atoms with van der Waals surface area (Å²) in [6.45, 7) is 2.04. The summed E-state index contributed by atoms with van der Waals surface area (Å²) in [4.78, 5) is 0. The molecule has 1 nitrogen and oxygen atoms in total. The average Bonchev–Trinajstić information content (AvgIpc) is 2.09. The van der Waals surface area contributed by atoms with Gasteiger partial charge in [0.1, 0.15) is 4.33 Å². The molecule has 1 fully saturated rings. The second-order valence-corrected chi connectivity index (χ2v) is 3.70. The predicted molar refractivity (Wildman–Crippen MR) is 34.2 cm³/mol. The van der Waals surface area contributed by atoms with Gasteiger partial charge in [-0.25, -0.2) is 0 Å². The molecule has 0 saturated heterocycles. The zero-order valence-electron chi connectivity index (χ0n) is 4.56. The second kappa shape index (κ2) is 1.76. The first-order valence-corrected chi connectivity index (χ1v) is 3.35. The third kappa shape index (κ3) is 0.734. The highest BCUT2D eigenvalue weighted by atomic mass is 35.5. The van der Waals surface area contributed by atoms with Gasteiger partial charge in [-0.1, -0.05) is 6.92 Å².